The van der Waals surface area contributed by atoms with E-state index in [4.69, 9.17) is 8.48 Å². The van der Waals surface area contributed by atoms with Crippen LogP contribution in [0, 0.1) is 0 Å². The van der Waals surface area contributed by atoms with E-state index in [1.54, 1.807) is 41.8 Å². The molecule has 0 unspecified atom stereocenters. The SMILES string of the molecule is [2H]C([2H])(NCCc1ccc(NC(=O)Cc2csc(N)n2)cc1)[C@@H](O)c1ccccc1. The van der Waals surface area contributed by atoms with E-state index in [2.05, 4.69) is 15.6 Å². The molecule has 0 aliphatic rings. The molecule has 1 amide bonds. The zero-order valence-corrected chi connectivity index (χ0v) is 16.1. The second-order valence-electron chi connectivity index (χ2n) is 6.23. The highest BCUT2D eigenvalue weighted by molar-refractivity contribution is 7.13. The summed E-state index contributed by atoms with van der Waals surface area (Å²) in [6, 6.07) is 16.1. The molecule has 0 bridgehead atoms. The molecule has 1 heterocycles. The molecule has 28 heavy (non-hydrogen) atoms. The summed E-state index contributed by atoms with van der Waals surface area (Å²) >= 11 is 1.30. The van der Waals surface area contributed by atoms with Crippen LogP contribution in [0.4, 0.5) is 10.8 Å². The number of amides is 1. The number of nitrogens with zero attached hydrogens (tertiary/aromatic N) is 1. The average Bonchev–Trinajstić information content (AvgIpc) is 3.13. The summed E-state index contributed by atoms with van der Waals surface area (Å²) in [5, 5.41) is 18.1. The van der Waals surface area contributed by atoms with E-state index in [-0.39, 0.29) is 12.3 Å². The average molecular weight is 399 g/mol. The fraction of sp³-hybridized carbons (Fsp3) is 0.238. The minimum atomic E-state index is -1.95. The van der Waals surface area contributed by atoms with Gasteiger partial charge in [0.2, 0.25) is 5.91 Å². The van der Waals surface area contributed by atoms with Crippen molar-refractivity contribution in [2.45, 2.75) is 18.9 Å². The van der Waals surface area contributed by atoms with Crippen molar-refractivity contribution >= 4 is 28.1 Å². The normalized spacial score (nSPS) is 13.5. The van der Waals surface area contributed by atoms with Crippen molar-refractivity contribution in [3.05, 3.63) is 76.8 Å². The Bertz CT molecular complexity index is 965. The number of rotatable bonds is 9. The fourth-order valence-electron chi connectivity index (χ4n) is 2.62. The molecule has 0 radical (unpaired) electrons. The molecule has 1 atom stereocenters. The summed E-state index contributed by atoms with van der Waals surface area (Å²) in [6.07, 6.45) is -0.518. The maximum Gasteiger partial charge on any atom is 0.230 e. The van der Waals surface area contributed by atoms with Crippen LogP contribution < -0.4 is 16.4 Å². The molecule has 146 valence electrons. The smallest absolute Gasteiger partial charge is 0.230 e. The third kappa shape index (κ3) is 6.16. The van der Waals surface area contributed by atoms with Crippen LogP contribution in [0.1, 0.15) is 25.7 Å². The van der Waals surface area contributed by atoms with Gasteiger partial charge in [-0.15, -0.1) is 11.3 Å². The van der Waals surface area contributed by atoms with Crippen LogP contribution in [0.5, 0.6) is 0 Å². The number of hydrogen-bond donors (Lipinski definition) is 4. The first-order chi connectivity index (χ1) is 14.3. The minimum absolute atomic E-state index is 0.165. The lowest BCUT2D eigenvalue weighted by atomic mass is 10.1. The zero-order chi connectivity index (χ0) is 21.6. The molecule has 5 N–H and O–H groups in total. The second kappa shape index (κ2) is 9.98. The number of nitrogens with one attached hydrogen (secondary N) is 2. The standard InChI is InChI=1S/C21H24N4O2S/c22-21-25-18(14-28-21)12-20(27)24-17-8-6-15(7-9-17)10-11-23-13-19(26)16-4-2-1-3-5-16/h1-9,14,19,23,26H,10-13H2,(H2,22,25)(H,24,27)/t19-/m1/s1/i13D2. The van der Waals surface area contributed by atoms with Gasteiger partial charge in [-0.1, -0.05) is 42.5 Å². The largest absolute Gasteiger partial charge is 0.387 e. The van der Waals surface area contributed by atoms with E-state index in [0.717, 1.165) is 5.56 Å². The van der Waals surface area contributed by atoms with Gasteiger partial charge in [-0.2, -0.15) is 0 Å². The first-order valence-electron chi connectivity index (χ1n) is 9.90. The third-order valence-electron chi connectivity index (χ3n) is 4.04. The quantitative estimate of drug-likeness (QED) is 0.444. The van der Waals surface area contributed by atoms with Crippen molar-refractivity contribution in [1.82, 2.24) is 10.3 Å². The number of thiazole rings is 1. The number of carbonyl (C=O) groups excluding carboxylic acids is 1. The molecule has 0 saturated carbocycles. The van der Waals surface area contributed by atoms with Gasteiger partial charge in [-0.3, -0.25) is 4.79 Å². The summed E-state index contributed by atoms with van der Waals surface area (Å²) in [5.41, 5.74) is 8.40. The van der Waals surface area contributed by atoms with Crippen molar-refractivity contribution in [2.75, 3.05) is 24.1 Å². The lowest BCUT2D eigenvalue weighted by Crippen LogP contribution is -2.23. The number of aromatic nitrogens is 1. The van der Waals surface area contributed by atoms with E-state index >= 15 is 0 Å². The number of benzene rings is 2. The molecular weight excluding hydrogens is 372 g/mol. The number of hydrogen-bond acceptors (Lipinski definition) is 6. The Balaban J connectivity index is 1.46. The van der Waals surface area contributed by atoms with Crippen LogP contribution in [0.25, 0.3) is 0 Å². The van der Waals surface area contributed by atoms with Crippen LogP contribution >= 0.6 is 11.3 Å². The molecule has 1 aromatic heterocycles. The van der Waals surface area contributed by atoms with Gasteiger partial charge in [-0.05, 0) is 36.2 Å². The zero-order valence-electron chi connectivity index (χ0n) is 17.3. The Hall–Kier alpha value is -2.74. The Kier molecular flexibility index (Phi) is 6.19. The summed E-state index contributed by atoms with van der Waals surface area (Å²) in [7, 11) is 0. The van der Waals surface area contributed by atoms with E-state index in [0.29, 0.717) is 35.0 Å². The topological polar surface area (TPSA) is 100 Å². The monoisotopic (exact) mass is 398 g/mol. The molecule has 3 rings (SSSR count). The predicted molar refractivity (Wildman–Crippen MR) is 113 cm³/mol. The Labute approximate surface area is 171 Å². The van der Waals surface area contributed by atoms with Crippen LogP contribution in [0.3, 0.4) is 0 Å². The minimum Gasteiger partial charge on any atom is -0.387 e. The van der Waals surface area contributed by atoms with Gasteiger partial charge in [0, 0.05) is 20.3 Å². The van der Waals surface area contributed by atoms with E-state index in [1.807, 2.05) is 18.2 Å². The fourth-order valence-corrected chi connectivity index (χ4v) is 3.19. The van der Waals surface area contributed by atoms with Crippen molar-refractivity contribution in [3.63, 3.8) is 0 Å². The molecule has 6 nitrogen and oxygen atoms in total. The number of carbonyl (C=O) groups is 1. The summed E-state index contributed by atoms with van der Waals surface area (Å²) in [6.45, 7) is -1.60. The molecule has 0 aliphatic heterocycles. The van der Waals surface area contributed by atoms with Gasteiger partial charge in [0.05, 0.1) is 18.2 Å². The number of anilines is 2. The molecule has 0 spiro atoms. The van der Waals surface area contributed by atoms with Crippen molar-refractivity contribution in [3.8, 4) is 0 Å². The Morgan fingerprint density at radius 1 is 1.21 bits per heavy atom. The lowest BCUT2D eigenvalue weighted by molar-refractivity contribution is -0.115. The van der Waals surface area contributed by atoms with Crippen LogP contribution in [0.2, 0.25) is 0 Å². The third-order valence-corrected chi connectivity index (χ3v) is 4.76. The van der Waals surface area contributed by atoms with Crippen molar-refractivity contribution in [1.29, 1.82) is 0 Å². The van der Waals surface area contributed by atoms with Gasteiger partial charge < -0.3 is 21.5 Å². The van der Waals surface area contributed by atoms with Crippen LogP contribution in [-0.2, 0) is 17.6 Å². The highest BCUT2D eigenvalue weighted by atomic mass is 32.1. The molecule has 2 aromatic carbocycles. The number of nitrogens with two attached hydrogens (primary N) is 1. The molecule has 0 saturated heterocycles. The van der Waals surface area contributed by atoms with Crippen molar-refractivity contribution < 1.29 is 12.6 Å². The van der Waals surface area contributed by atoms with E-state index in [9.17, 15) is 9.90 Å². The molecule has 7 heteroatoms. The predicted octanol–water partition coefficient (Wildman–Crippen LogP) is 2.77. The van der Waals surface area contributed by atoms with Gasteiger partial charge in [-0.25, -0.2) is 4.98 Å². The van der Waals surface area contributed by atoms with Gasteiger partial charge >= 0.3 is 0 Å². The van der Waals surface area contributed by atoms with Crippen molar-refractivity contribution in [2.24, 2.45) is 0 Å². The molecule has 3 aromatic rings. The summed E-state index contributed by atoms with van der Waals surface area (Å²) < 4.78 is 16.2. The van der Waals surface area contributed by atoms with E-state index < -0.39 is 12.6 Å². The summed E-state index contributed by atoms with van der Waals surface area (Å²) in [5.74, 6) is -0.169. The van der Waals surface area contributed by atoms with Crippen LogP contribution in [0.15, 0.2) is 60.0 Å². The maximum atomic E-state index is 12.1. The first-order valence-corrected chi connectivity index (χ1v) is 9.78. The maximum absolute atomic E-state index is 12.1. The first kappa shape index (κ1) is 17.4. The van der Waals surface area contributed by atoms with E-state index in [1.165, 1.54) is 11.3 Å². The Morgan fingerprint density at radius 2 is 1.96 bits per heavy atom. The van der Waals surface area contributed by atoms with Gasteiger partial charge in [0.15, 0.2) is 5.13 Å². The highest BCUT2D eigenvalue weighted by Gasteiger charge is 2.08. The molecule has 0 fully saturated rings. The van der Waals surface area contributed by atoms with Crippen LogP contribution in [-0.4, -0.2) is 29.0 Å². The number of aliphatic hydroxyl groups is 1. The molecule has 0 aliphatic carbocycles. The second-order valence-corrected chi connectivity index (χ2v) is 7.12. The highest BCUT2D eigenvalue weighted by Crippen LogP contribution is 2.14. The molecular formula is C21H24N4O2S. The number of nitrogen functional groups attached to an aromatic ring is 1. The van der Waals surface area contributed by atoms with Gasteiger partial charge in [0.1, 0.15) is 0 Å². The lowest BCUT2D eigenvalue weighted by Gasteiger charge is -2.12. The number of aliphatic hydroxyl groups excluding tert-OH is 1. The Morgan fingerprint density at radius 3 is 2.64 bits per heavy atom. The van der Waals surface area contributed by atoms with Gasteiger partial charge in [0.25, 0.3) is 0 Å². The summed E-state index contributed by atoms with van der Waals surface area (Å²) in [4.78, 5) is 16.1.